The number of carbonyl (C=O) groups excluding carboxylic acids is 1. The zero-order valence-corrected chi connectivity index (χ0v) is 11.0. The first-order valence-corrected chi connectivity index (χ1v) is 6.06. The molecule has 0 aliphatic rings. The van der Waals surface area contributed by atoms with Gasteiger partial charge in [0.1, 0.15) is 6.54 Å². The van der Waals surface area contributed by atoms with E-state index in [0.717, 1.165) is 5.69 Å². The lowest BCUT2D eigenvalue weighted by atomic mass is 10.2. The van der Waals surface area contributed by atoms with Crippen LogP contribution in [0, 0.1) is 18.3 Å². The van der Waals surface area contributed by atoms with E-state index in [-0.39, 0.29) is 18.0 Å². The maximum atomic E-state index is 11.9. The molecule has 0 saturated carbocycles. The molecule has 1 heterocycles. The molecule has 2 rings (SSSR count). The molecule has 100 valence electrons. The Morgan fingerprint density at radius 2 is 1.95 bits per heavy atom. The first-order valence-electron chi connectivity index (χ1n) is 6.06. The molecule has 1 aromatic carbocycles. The fourth-order valence-corrected chi connectivity index (χ4v) is 1.80. The highest BCUT2D eigenvalue weighted by atomic mass is 16.2. The molecule has 1 amide bonds. The Kier molecular flexibility index (Phi) is 3.96. The first-order chi connectivity index (χ1) is 9.60. The van der Waals surface area contributed by atoms with E-state index in [1.54, 1.807) is 43.3 Å². The van der Waals surface area contributed by atoms with Crippen LogP contribution in [0.25, 0.3) is 0 Å². The summed E-state index contributed by atoms with van der Waals surface area (Å²) in [6, 6.07) is 13.4. The van der Waals surface area contributed by atoms with Gasteiger partial charge in [-0.3, -0.25) is 9.59 Å². The molecular formula is C15H13N3O2. The normalized spacial score (nSPS) is 9.80. The van der Waals surface area contributed by atoms with Crippen LogP contribution in [-0.4, -0.2) is 10.5 Å². The summed E-state index contributed by atoms with van der Waals surface area (Å²) in [5, 5.41) is 11.4. The number of nitrogens with one attached hydrogen (secondary N) is 1. The lowest BCUT2D eigenvalue weighted by Gasteiger charge is -2.09. The molecule has 2 aromatic rings. The average Bonchev–Trinajstić information content (AvgIpc) is 2.44. The van der Waals surface area contributed by atoms with Gasteiger partial charge in [-0.15, -0.1) is 0 Å². The van der Waals surface area contributed by atoms with Crippen LogP contribution in [-0.2, 0) is 11.3 Å². The molecule has 0 aliphatic carbocycles. The van der Waals surface area contributed by atoms with Crippen molar-refractivity contribution >= 4 is 11.6 Å². The summed E-state index contributed by atoms with van der Waals surface area (Å²) in [5.41, 5.74) is 1.64. The second kappa shape index (κ2) is 5.85. The predicted octanol–water partition coefficient (Wildman–Crippen LogP) is 1.67. The number of anilines is 1. The second-order valence-electron chi connectivity index (χ2n) is 4.33. The number of benzene rings is 1. The smallest absolute Gasteiger partial charge is 0.251 e. The number of pyridine rings is 1. The number of aromatic nitrogens is 1. The van der Waals surface area contributed by atoms with Gasteiger partial charge in [0.05, 0.1) is 11.6 Å². The van der Waals surface area contributed by atoms with Gasteiger partial charge in [-0.2, -0.15) is 5.26 Å². The summed E-state index contributed by atoms with van der Waals surface area (Å²) in [5.74, 6) is -0.286. The third kappa shape index (κ3) is 3.12. The van der Waals surface area contributed by atoms with Crippen molar-refractivity contribution in [2.24, 2.45) is 0 Å². The number of rotatable bonds is 3. The van der Waals surface area contributed by atoms with E-state index in [0.29, 0.717) is 11.3 Å². The van der Waals surface area contributed by atoms with E-state index in [1.807, 2.05) is 6.07 Å². The number of aryl methyl sites for hydroxylation is 1. The van der Waals surface area contributed by atoms with Gasteiger partial charge in [-0.25, -0.2) is 0 Å². The largest absolute Gasteiger partial charge is 0.325 e. The summed E-state index contributed by atoms with van der Waals surface area (Å²) < 4.78 is 1.40. The van der Waals surface area contributed by atoms with Crippen molar-refractivity contribution in [3.05, 3.63) is 64.1 Å². The molecule has 0 fully saturated rings. The van der Waals surface area contributed by atoms with Crippen LogP contribution in [0.4, 0.5) is 5.69 Å². The summed E-state index contributed by atoms with van der Waals surface area (Å²) >= 11 is 0. The van der Waals surface area contributed by atoms with E-state index in [4.69, 9.17) is 5.26 Å². The maximum Gasteiger partial charge on any atom is 0.251 e. The van der Waals surface area contributed by atoms with E-state index < -0.39 is 0 Å². The SMILES string of the molecule is Cc1cccc(=O)n1CC(=O)Nc1ccc(C#N)cc1. The van der Waals surface area contributed by atoms with Crippen LogP contribution in [0.5, 0.6) is 0 Å². The Labute approximate surface area is 116 Å². The van der Waals surface area contributed by atoms with Gasteiger partial charge in [0.25, 0.3) is 5.56 Å². The maximum absolute atomic E-state index is 11.9. The molecule has 0 unspecified atom stereocenters. The van der Waals surface area contributed by atoms with Gasteiger partial charge in [-0.05, 0) is 37.3 Å². The van der Waals surface area contributed by atoms with Crippen LogP contribution >= 0.6 is 0 Å². The Morgan fingerprint density at radius 3 is 2.55 bits per heavy atom. The van der Waals surface area contributed by atoms with E-state index in [9.17, 15) is 9.59 Å². The molecule has 20 heavy (non-hydrogen) atoms. The molecule has 0 aliphatic heterocycles. The second-order valence-corrected chi connectivity index (χ2v) is 4.33. The molecule has 1 aromatic heterocycles. The number of hydrogen-bond acceptors (Lipinski definition) is 3. The van der Waals surface area contributed by atoms with Crippen LogP contribution < -0.4 is 10.9 Å². The van der Waals surface area contributed by atoms with Crippen molar-refractivity contribution in [2.45, 2.75) is 13.5 Å². The summed E-state index contributed by atoms with van der Waals surface area (Å²) in [6.45, 7) is 1.74. The van der Waals surface area contributed by atoms with Gasteiger partial charge >= 0.3 is 0 Å². The molecule has 0 saturated heterocycles. The van der Waals surface area contributed by atoms with E-state index in [2.05, 4.69) is 5.32 Å². The number of nitriles is 1. The van der Waals surface area contributed by atoms with Crippen LogP contribution in [0.15, 0.2) is 47.3 Å². The van der Waals surface area contributed by atoms with Gasteiger partial charge < -0.3 is 9.88 Å². The van der Waals surface area contributed by atoms with Crippen LogP contribution in [0.1, 0.15) is 11.3 Å². The van der Waals surface area contributed by atoms with Crippen LogP contribution in [0.2, 0.25) is 0 Å². The molecule has 1 N–H and O–H groups in total. The molecule has 0 spiro atoms. The van der Waals surface area contributed by atoms with Crippen LogP contribution in [0.3, 0.4) is 0 Å². The van der Waals surface area contributed by atoms with Crippen molar-refractivity contribution in [1.82, 2.24) is 4.57 Å². The Hall–Kier alpha value is -2.87. The van der Waals surface area contributed by atoms with E-state index in [1.165, 1.54) is 10.6 Å². The number of nitrogens with zero attached hydrogens (tertiary/aromatic N) is 2. The number of hydrogen-bond donors (Lipinski definition) is 1. The molecule has 0 radical (unpaired) electrons. The van der Waals surface area contributed by atoms with Crippen molar-refractivity contribution in [2.75, 3.05) is 5.32 Å². The molecule has 5 heteroatoms. The lowest BCUT2D eigenvalue weighted by molar-refractivity contribution is -0.116. The predicted molar refractivity (Wildman–Crippen MR) is 75.2 cm³/mol. The highest BCUT2D eigenvalue weighted by Crippen LogP contribution is 2.08. The zero-order valence-electron chi connectivity index (χ0n) is 11.0. The van der Waals surface area contributed by atoms with Crippen molar-refractivity contribution in [3.8, 4) is 6.07 Å². The number of amides is 1. The quantitative estimate of drug-likeness (QED) is 0.919. The minimum absolute atomic E-state index is 0.0362. The van der Waals surface area contributed by atoms with Crippen molar-refractivity contribution in [3.63, 3.8) is 0 Å². The zero-order chi connectivity index (χ0) is 14.5. The third-order valence-corrected chi connectivity index (χ3v) is 2.87. The minimum Gasteiger partial charge on any atom is -0.325 e. The van der Waals surface area contributed by atoms with Gasteiger partial charge in [-0.1, -0.05) is 6.07 Å². The number of carbonyl (C=O) groups is 1. The third-order valence-electron chi connectivity index (χ3n) is 2.87. The van der Waals surface area contributed by atoms with Gasteiger partial charge in [0.15, 0.2) is 0 Å². The monoisotopic (exact) mass is 267 g/mol. The van der Waals surface area contributed by atoms with Crippen molar-refractivity contribution in [1.29, 1.82) is 5.26 Å². The summed E-state index contributed by atoms with van der Waals surface area (Å²) in [4.78, 5) is 23.6. The van der Waals surface area contributed by atoms with E-state index >= 15 is 0 Å². The minimum atomic E-state index is -0.286. The fourth-order valence-electron chi connectivity index (χ4n) is 1.80. The lowest BCUT2D eigenvalue weighted by Crippen LogP contribution is -2.28. The Balaban J connectivity index is 2.09. The van der Waals surface area contributed by atoms with Crippen molar-refractivity contribution < 1.29 is 4.79 Å². The Morgan fingerprint density at radius 1 is 1.25 bits per heavy atom. The average molecular weight is 267 g/mol. The Bertz CT molecular complexity index is 724. The molecule has 0 bridgehead atoms. The highest BCUT2D eigenvalue weighted by Gasteiger charge is 2.06. The highest BCUT2D eigenvalue weighted by molar-refractivity contribution is 5.90. The summed E-state index contributed by atoms with van der Waals surface area (Å²) in [6.07, 6.45) is 0. The van der Waals surface area contributed by atoms with Gasteiger partial charge in [0, 0.05) is 17.4 Å². The standard InChI is InChI=1S/C15H13N3O2/c1-11-3-2-4-15(20)18(11)10-14(19)17-13-7-5-12(9-16)6-8-13/h2-8H,10H2,1H3,(H,17,19). The summed E-state index contributed by atoms with van der Waals surface area (Å²) in [7, 11) is 0. The van der Waals surface area contributed by atoms with Gasteiger partial charge in [0.2, 0.25) is 5.91 Å². The molecular weight excluding hydrogens is 254 g/mol. The fraction of sp³-hybridized carbons (Fsp3) is 0.133. The molecule has 5 nitrogen and oxygen atoms in total. The first kappa shape index (κ1) is 13.6. The molecule has 0 atom stereocenters. The topological polar surface area (TPSA) is 74.9 Å².